The Hall–Kier alpha value is -3.58. The number of aliphatic hydroxyl groups is 1. The van der Waals surface area contributed by atoms with E-state index in [-0.39, 0.29) is 10.5 Å². The number of hydrogen-bond acceptors (Lipinski definition) is 4. The lowest BCUT2D eigenvalue weighted by Gasteiger charge is -2.21. The van der Waals surface area contributed by atoms with Crippen molar-refractivity contribution in [2.45, 2.75) is 18.7 Å². The Bertz CT molecular complexity index is 1290. The summed E-state index contributed by atoms with van der Waals surface area (Å²) in [6, 6.07) is 19.3. The molecule has 0 bridgehead atoms. The van der Waals surface area contributed by atoms with Gasteiger partial charge in [-0.3, -0.25) is 9.52 Å². The summed E-state index contributed by atoms with van der Waals surface area (Å²) < 4.78 is 27.0. The third kappa shape index (κ3) is 3.55. The molecule has 0 aromatic heterocycles. The van der Waals surface area contributed by atoms with Gasteiger partial charge >= 0.3 is 0 Å². The number of benzene rings is 3. The zero-order valence-electron chi connectivity index (χ0n) is 16.4. The molecular weight excluding hydrogens is 400 g/mol. The van der Waals surface area contributed by atoms with Crippen molar-refractivity contribution < 1.29 is 18.3 Å². The zero-order chi connectivity index (χ0) is 21.5. The van der Waals surface area contributed by atoms with E-state index in [1.165, 1.54) is 23.3 Å². The minimum Gasteiger partial charge on any atom is -0.505 e. The molecule has 3 N–H and O–H groups in total. The highest BCUT2D eigenvalue weighted by molar-refractivity contribution is 7.89. The van der Waals surface area contributed by atoms with Gasteiger partial charge in [0.2, 0.25) is 0 Å². The highest BCUT2D eigenvalue weighted by atomic mass is 32.2. The van der Waals surface area contributed by atoms with Crippen LogP contribution in [0.25, 0.3) is 16.9 Å². The van der Waals surface area contributed by atoms with Crippen LogP contribution in [0.3, 0.4) is 0 Å². The smallest absolute Gasteiger partial charge is 0.276 e. The first kappa shape index (κ1) is 19.7. The topological polar surface area (TPSA) is 95.5 Å². The standard InChI is InChI=1S/C23H20N2O4S/c1-14-7-8-17(13-15(14)2)16-9-11-18(12-10-16)24-23(27)21-22(26)19-5-3-4-6-20(19)30(28,29)25-21/h3-13,25-26H,1-2H3,(H,24,27). The van der Waals surface area contributed by atoms with Crippen LogP contribution in [0.5, 0.6) is 0 Å². The van der Waals surface area contributed by atoms with Gasteiger partial charge < -0.3 is 10.4 Å². The van der Waals surface area contributed by atoms with Crippen molar-refractivity contribution in [1.29, 1.82) is 0 Å². The van der Waals surface area contributed by atoms with Gasteiger partial charge in [0.25, 0.3) is 15.9 Å². The number of carbonyl (C=O) groups excluding carboxylic acids is 1. The molecule has 6 nitrogen and oxygen atoms in total. The fraction of sp³-hybridized carbons (Fsp3) is 0.0870. The second-order valence-corrected chi connectivity index (χ2v) is 8.81. The first-order chi connectivity index (χ1) is 14.3. The maximum Gasteiger partial charge on any atom is 0.276 e. The Morgan fingerprint density at radius 3 is 2.27 bits per heavy atom. The van der Waals surface area contributed by atoms with E-state index in [1.807, 2.05) is 18.2 Å². The van der Waals surface area contributed by atoms with Crippen molar-refractivity contribution in [2.24, 2.45) is 0 Å². The van der Waals surface area contributed by atoms with Gasteiger partial charge in [0.1, 0.15) is 0 Å². The van der Waals surface area contributed by atoms with Crippen LogP contribution in [0.4, 0.5) is 5.69 Å². The quantitative estimate of drug-likeness (QED) is 0.594. The normalized spacial score (nSPS) is 14.6. The van der Waals surface area contributed by atoms with Crippen LogP contribution in [0.15, 0.2) is 77.3 Å². The van der Waals surface area contributed by atoms with Crippen molar-refractivity contribution >= 4 is 27.4 Å². The maximum atomic E-state index is 12.7. The van der Waals surface area contributed by atoms with E-state index in [0.29, 0.717) is 5.69 Å². The van der Waals surface area contributed by atoms with Crippen LogP contribution in [-0.2, 0) is 14.8 Å². The largest absolute Gasteiger partial charge is 0.505 e. The van der Waals surface area contributed by atoms with Crippen LogP contribution >= 0.6 is 0 Å². The molecule has 0 atom stereocenters. The third-order valence-corrected chi connectivity index (χ3v) is 6.52. The number of rotatable bonds is 3. The van der Waals surface area contributed by atoms with Gasteiger partial charge in [0.15, 0.2) is 11.5 Å². The van der Waals surface area contributed by atoms with Crippen molar-refractivity contribution in [3.05, 3.63) is 89.1 Å². The van der Waals surface area contributed by atoms with E-state index in [2.05, 4.69) is 36.0 Å². The van der Waals surface area contributed by atoms with E-state index in [1.54, 1.807) is 24.3 Å². The van der Waals surface area contributed by atoms with Crippen LogP contribution in [0.1, 0.15) is 16.7 Å². The summed E-state index contributed by atoms with van der Waals surface area (Å²) >= 11 is 0. The minimum atomic E-state index is -3.94. The lowest BCUT2D eigenvalue weighted by atomic mass is 10.0. The monoisotopic (exact) mass is 420 g/mol. The Balaban J connectivity index is 1.59. The highest BCUT2D eigenvalue weighted by Gasteiger charge is 2.32. The summed E-state index contributed by atoms with van der Waals surface area (Å²) in [5.74, 6) is -1.16. The number of nitrogens with one attached hydrogen (secondary N) is 2. The average Bonchev–Trinajstić information content (AvgIpc) is 2.73. The molecule has 152 valence electrons. The summed E-state index contributed by atoms with van der Waals surface area (Å²) in [7, 11) is -3.94. The predicted molar refractivity (Wildman–Crippen MR) is 116 cm³/mol. The van der Waals surface area contributed by atoms with Crippen LogP contribution in [0.2, 0.25) is 0 Å². The first-order valence-electron chi connectivity index (χ1n) is 9.31. The second kappa shape index (κ2) is 7.35. The molecule has 4 rings (SSSR count). The van der Waals surface area contributed by atoms with Crippen LogP contribution in [0, 0.1) is 13.8 Å². The van der Waals surface area contributed by atoms with E-state index >= 15 is 0 Å². The first-order valence-corrected chi connectivity index (χ1v) is 10.8. The molecule has 1 aliphatic heterocycles. The number of amides is 1. The molecule has 0 saturated carbocycles. The number of sulfonamides is 1. The molecule has 30 heavy (non-hydrogen) atoms. The van der Waals surface area contributed by atoms with E-state index in [4.69, 9.17) is 0 Å². The minimum absolute atomic E-state index is 0.0724. The second-order valence-electron chi connectivity index (χ2n) is 7.16. The number of carbonyl (C=O) groups is 1. The zero-order valence-corrected chi connectivity index (χ0v) is 17.2. The van der Waals surface area contributed by atoms with Crippen LogP contribution in [-0.4, -0.2) is 19.4 Å². The molecular formula is C23H20N2O4S. The molecule has 1 heterocycles. The van der Waals surface area contributed by atoms with Crippen LogP contribution < -0.4 is 10.0 Å². The van der Waals surface area contributed by atoms with Gasteiger partial charge in [-0.15, -0.1) is 0 Å². The summed E-state index contributed by atoms with van der Waals surface area (Å²) in [6.45, 7) is 4.11. The SMILES string of the molecule is Cc1ccc(-c2ccc(NC(=O)C3=C(O)c4ccccc4S(=O)(=O)N3)cc2)cc1C. The molecule has 7 heteroatoms. The predicted octanol–water partition coefficient (Wildman–Crippen LogP) is 4.13. The molecule has 1 aliphatic rings. The number of hydrogen-bond donors (Lipinski definition) is 3. The van der Waals surface area contributed by atoms with Crippen molar-refractivity contribution in [3.63, 3.8) is 0 Å². The Kier molecular flexibility index (Phi) is 4.83. The Morgan fingerprint density at radius 1 is 0.900 bits per heavy atom. The molecule has 0 radical (unpaired) electrons. The summed E-state index contributed by atoms with van der Waals surface area (Å²) in [5.41, 5.74) is 4.62. The molecule has 3 aromatic rings. The Labute approximate surface area is 174 Å². The fourth-order valence-corrected chi connectivity index (χ4v) is 4.56. The maximum absolute atomic E-state index is 12.7. The number of aliphatic hydroxyl groups excluding tert-OH is 1. The van der Waals surface area contributed by atoms with Crippen molar-refractivity contribution in [3.8, 4) is 11.1 Å². The molecule has 1 amide bonds. The van der Waals surface area contributed by atoms with Gasteiger partial charge in [-0.1, -0.05) is 42.5 Å². The van der Waals surface area contributed by atoms with Crippen molar-refractivity contribution in [1.82, 2.24) is 4.72 Å². The summed E-state index contributed by atoms with van der Waals surface area (Å²) in [6.07, 6.45) is 0. The fourth-order valence-electron chi connectivity index (χ4n) is 3.28. The molecule has 0 fully saturated rings. The Morgan fingerprint density at radius 2 is 1.57 bits per heavy atom. The van der Waals surface area contributed by atoms with Gasteiger partial charge in [-0.05, 0) is 60.4 Å². The number of aryl methyl sites for hydroxylation is 2. The molecule has 0 spiro atoms. The molecule has 0 aliphatic carbocycles. The number of anilines is 1. The van der Waals surface area contributed by atoms with Crippen molar-refractivity contribution in [2.75, 3.05) is 5.32 Å². The van der Waals surface area contributed by atoms with Gasteiger partial charge in [0.05, 0.1) is 4.90 Å². The van der Waals surface area contributed by atoms with E-state index in [9.17, 15) is 18.3 Å². The summed E-state index contributed by atoms with van der Waals surface area (Å²) in [5, 5.41) is 13.1. The lowest BCUT2D eigenvalue weighted by Crippen LogP contribution is -2.35. The van der Waals surface area contributed by atoms with Gasteiger partial charge in [-0.25, -0.2) is 8.42 Å². The third-order valence-electron chi connectivity index (χ3n) is 5.11. The molecule has 3 aromatic carbocycles. The molecule has 0 saturated heterocycles. The number of fused-ring (bicyclic) bond motifs is 1. The summed E-state index contributed by atoms with van der Waals surface area (Å²) in [4.78, 5) is 12.6. The molecule has 0 unspecified atom stereocenters. The average molecular weight is 420 g/mol. The van der Waals surface area contributed by atoms with E-state index < -0.39 is 27.4 Å². The lowest BCUT2D eigenvalue weighted by molar-refractivity contribution is -0.113. The van der Waals surface area contributed by atoms with E-state index in [0.717, 1.165) is 11.1 Å². The van der Waals surface area contributed by atoms with Gasteiger partial charge in [-0.2, -0.15) is 0 Å². The van der Waals surface area contributed by atoms with Gasteiger partial charge in [0, 0.05) is 11.3 Å². The highest BCUT2D eigenvalue weighted by Crippen LogP contribution is 2.29.